The molecule has 0 atom stereocenters. The van der Waals surface area contributed by atoms with Gasteiger partial charge in [0.25, 0.3) is 0 Å². The molecule has 144 valence electrons. The summed E-state index contributed by atoms with van der Waals surface area (Å²) < 4.78 is 2.08. The van der Waals surface area contributed by atoms with Crippen LogP contribution < -0.4 is 10.6 Å². The number of nitrogens with zero attached hydrogens (tertiary/aromatic N) is 4. The number of hydrogen-bond donors (Lipinski definition) is 2. The fourth-order valence-corrected chi connectivity index (χ4v) is 3.14. The lowest BCUT2D eigenvalue weighted by molar-refractivity contribution is 0.223. The number of likely N-dealkylation sites (tertiary alicyclic amines) is 1. The van der Waals surface area contributed by atoms with Gasteiger partial charge < -0.3 is 15.5 Å². The highest BCUT2D eigenvalue weighted by Gasteiger charge is 2.16. The second kappa shape index (κ2) is 11.7. The summed E-state index contributed by atoms with van der Waals surface area (Å²) in [6.07, 6.45) is 3.56. The van der Waals surface area contributed by atoms with Gasteiger partial charge >= 0.3 is 0 Å². The van der Waals surface area contributed by atoms with Crippen molar-refractivity contribution in [2.75, 3.05) is 39.8 Å². The Balaban J connectivity index is 0.00000312. The van der Waals surface area contributed by atoms with E-state index in [1.807, 2.05) is 6.92 Å². The zero-order valence-electron chi connectivity index (χ0n) is 16.2. The van der Waals surface area contributed by atoms with E-state index < -0.39 is 0 Å². The number of aryl methyl sites for hydroxylation is 3. The monoisotopic (exact) mass is 462 g/mol. The molecule has 1 saturated heterocycles. The highest BCUT2D eigenvalue weighted by atomic mass is 127. The molecule has 0 aromatic carbocycles. The maximum atomic E-state index is 4.78. The van der Waals surface area contributed by atoms with Gasteiger partial charge in [-0.05, 0) is 72.2 Å². The van der Waals surface area contributed by atoms with Gasteiger partial charge in [-0.25, -0.2) is 0 Å². The van der Waals surface area contributed by atoms with Gasteiger partial charge in [0.2, 0.25) is 0 Å². The molecule has 0 spiro atoms. The number of guanidine groups is 1. The number of halogens is 1. The predicted octanol–water partition coefficient (Wildman–Crippen LogP) is 2.40. The van der Waals surface area contributed by atoms with Crippen LogP contribution in [0.4, 0.5) is 0 Å². The number of aromatic nitrogens is 2. The Morgan fingerprint density at radius 2 is 2.00 bits per heavy atom. The summed E-state index contributed by atoms with van der Waals surface area (Å²) in [5, 5.41) is 11.3. The summed E-state index contributed by atoms with van der Waals surface area (Å²) in [5.41, 5.74) is 2.32. The fraction of sp³-hybridized carbons (Fsp3) is 0.778. The molecule has 1 aliphatic rings. The Labute approximate surface area is 169 Å². The van der Waals surface area contributed by atoms with E-state index in [-0.39, 0.29) is 24.0 Å². The number of aliphatic imine (C=N–C) groups is 1. The summed E-state index contributed by atoms with van der Waals surface area (Å²) in [6, 6.07) is 2.13. The third kappa shape index (κ3) is 7.94. The van der Waals surface area contributed by atoms with Crippen molar-refractivity contribution in [3.8, 4) is 0 Å². The molecule has 0 aliphatic carbocycles. The largest absolute Gasteiger partial charge is 0.357 e. The molecule has 2 N–H and O–H groups in total. The first-order valence-corrected chi connectivity index (χ1v) is 9.30. The average molecular weight is 462 g/mol. The molecule has 1 aromatic heterocycles. The average Bonchev–Trinajstić information content (AvgIpc) is 2.88. The van der Waals surface area contributed by atoms with E-state index in [0.29, 0.717) is 0 Å². The number of hydrogen-bond acceptors (Lipinski definition) is 3. The van der Waals surface area contributed by atoms with Crippen LogP contribution in [-0.4, -0.2) is 60.4 Å². The third-order valence-corrected chi connectivity index (χ3v) is 4.63. The highest BCUT2D eigenvalue weighted by molar-refractivity contribution is 14.0. The van der Waals surface area contributed by atoms with Crippen molar-refractivity contribution >= 4 is 29.9 Å². The minimum atomic E-state index is 0. The van der Waals surface area contributed by atoms with Crippen molar-refractivity contribution in [1.82, 2.24) is 25.3 Å². The molecule has 6 nitrogen and oxygen atoms in total. The van der Waals surface area contributed by atoms with E-state index in [2.05, 4.69) is 52.3 Å². The van der Waals surface area contributed by atoms with E-state index in [1.54, 1.807) is 0 Å². The SMILES string of the molecule is CCNC(=NCC1CCN(C)CC1)NCCCn1nc(C)cc1C.I. The van der Waals surface area contributed by atoms with Gasteiger partial charge in [-0.1, -0.05) is 0 Å². The quantitative estimate of drug-likeness (QED) is 0.283. The molecular formula is C18H35IN6. The van der Waals surface area contributed by atoms with E-state index in [0.717, 1.165) is 50.2 Å². The summed E-state index contributed by atoms with van der Waals surface area (Å²) in [4.78, 5) is 7.19. The van der Waals surface area contributed by atoms with Crippen molar-refractivity contribution in [2.45, 2.75) is 46.6 Å². The molecule has 0 saturated carbocycles. The lowest BCUT2D eigenvalue weighted by Gasteiger charge is -2.28. The molecule has 2 heterocycles. The topological polar surface area (TPSA) is 57.5 Å². The maximum absolute atomic E-state index is 4.78. The van der Waals surface area contributed by atoms with Crippen LogP contribution in [-0.2, 0) is 6.54 Å². The van der Waals surface area contributed by atoms with Crippen LogP contribution in [0.15, 0.2) is 11.1 Å². The molecule has 2 rings (SSSR count). The van der Waals surface area contributed by atoms with Gasteiger partial charge in [-0.3, -0.25) is 9.67 Å². The minimum Gasteiger partial charge on any atom is -0.357 e. The minimum absolute atomic E-state index is 0. The summed E-state index contributed by atoms with van der Waals surface area (Å²) in [6.45, 7) is 12.4. The molecule has 0 amide bonds. The summed E-state index contributed by atoms with van der Waals surface area (Å²) >= 11 is 0. The molecule has 0 bridgehead atoms. The zero-order valence-corrected chi connectivity index (χ0v) is 18.5. The van der Waals surface area contributed by atoms with Crippen LogP contribution in [0.25, 0.3) is 0 Å². The highest BCUT2D eigenvalue weighted by Crippen LogP contribution is 2.15. The maximum Gasteiger partial charge on any atom is 0.191 e. The van der Waals surface area contributed by atoms with Gasteiger partial charge in [0, 0.05) is 31.9 Å². The van der Waals surface area contributed by atoms with Crippen molar-refractivity contribution < 1.29 is 0 Å². The lowest BCUT2D eigenvalue weighted by atomic mass is 9.97. The fourth-order valence-electron chi connectivity index (χ4n) is 3.14. The van der Waals surface area contributed by atoms with Crippen LogP contribution in [0.3, 0.4) is 0 Å². The van der Waals surface area contributed by atoms with Crippen LogP contribution >= 0.6 is 24.0 Å². The number of nitrogens with one attached hydrogen (secondary N) is 2. The molecule has 25 heavy (non-hydrogen) atoms. The third-order valence-electron chi connectivity index (χ3n) is 4.63. The first-order valence-electron chi connectivity index (χ1n) is 9.30. The Morgan fingerprint density at radius 1 is 1.28 bits per heavy atom. The molecule has 0 radical (unpaired) electrons. The smallest absolute Gasteiger partial charge is 0.191 e. The van der Waals surface area contributed by atoms with Crippen LogP contribution in [0.2, 0.25) is 0 Å². The van der Waals surface area contributed by atoms with E-state index in [1.165, 1.54) is 31.6 Å². The summed E-state index contributed by atoms with van der Waals surface area (Å²) in [7, 11) is 2.20. The molecule has 7 heteroatoms. The normalized spacial score (nSPS) is 16.6. The van der Waals surface area contributed by atoms with Crippen molar-refractivity contribution in [1.29, 1.82) is 0 Å². The molecule has 1 aromatic rings. The van der Waals surface area contributed by atoms with Crippen molar-refractivity contribution in [2.24, 2.45) is 10.9 Å². The molecular weight excluding hydrogens is 427 g/mol. The Kier molecular flexibility index (Phi) is 10.4. The second-order valence-corrected chi connectivity index (χ2v) is 6.90. The van der Waals surface area contributed by atoms with Gasteiger partial charge in [-0.15, -0.1) is 24.0 Å². The van der Waals surface area contributed by atoms with E-state index in [4.69, 9.17) is 4.99 Å². The Bertz CT molecular complexity index is 520. The number of rotatable bonds is 7. The molecule has 1 fully saturated rings. The van der Waals surface area contributed by atoms with E-state index >= 15 is 0 Å². The summed E-state index contributed by atoms with van der Waals surface area (Å²) in [5.74, 6) is 1.68. The van der Waals surface area contributed by atoms with Gasteiger partial charge in [0.1, 0.15) is 0 Å². The van der Waals surface area contributed by atoms with Crippen LogP contribution in [0, 0.1) is 19.8 Å². The van der Waals surface area contributed by atoms with Crippen molar-refractivity contribution in [3.63, 3.8) is 0 Å². The van der Waals surface area contributed by atoms with Gasteiger partial charge in [0.05, 0.1) is 5.69 Å². The Hall–Kier alpha value is -0.830. The lowest BCUT2D eigenvalue weighted by Crippen LogP contribution is -2.39. The predicted molar refractivity (Wildman–Crippen MR) is 116 cm³/mol. The first kappa shape index (κ1) is 22.2. The second-order valence-electron chi connectivity index (χ2n) is 6.90. The van der Waals surface area contributed by atoms with Gasteiger partial charge in [-0.2, -0.15) is 5.10 Å². The van der Waals surface area contributed by atoms with Crippen LogP contribution in [0.5, 0.6) is 0 Å². The molecule has 1 aliphatic heterocycles. The number of piperidine rings is 1. The van der Waals surface area contributed by atoms with Gasteiger partial charge in [0.15, 0.2) is 5.96 Å². The Morgan fingerprint density at radius 3 is 2.60 bits per heavy atom. The van der Waals surface area contributed by atoms with Crippen LogP contribution in [0.1, 0.15) is 37.6 Å². The van der Waals surface area contributed by atoms with Crippen molar-refractivity contribution in [3.05, 3.63) is 17.5 Å². The standard InChI is InChI=1S/C18H34N6.HI/c1-5-19-18(21-14-17-7-11-23(4)12-8-17)20-9-6-10-24-16(3)13-15(2)22-24;/h13,17H,5-12,14H2,1-4H3,(H2,19,20,21);1H. The molecule has 0 unspecified atom stereocenters. The zero-order chi connectivity index (χ0) is 17.4. The van der Waals surface area contributed by atoms with E-state index in [9.17, 15) is 0 Å². The first-order chi connectivity index (χ1) is 11.6.